The third-order valence-corrected chi connectivity index (χ3v) is 7.36. The zero-order valence-electron chi connectivity index (χ0n) is 19.3. The van der Waals surface area contributed by atoms with Gasteiger partial charge in [0.25, 0.3) is 0 Å². The van der Waals surface area contributed by atoms with E-state index < -0.39 is 17.4 Å². The molecule has 1 aliphatic carbocycles. The molecule has 0 radical (unpaired) electrons. The van der Waals surface area contributed by atoms with Crippen molar-refractivity contribution in [3.63, 3.8) is 0 Å². The molecule has 2 aliphatic rings. The molecule has 2 aromatic rings. The molecular formula is C27H30ClNO4. The molecule has 0 spiro atoms. The number of rotatable bonds is 7. The van der Waals surface area contributed by atoms with Gasteiger partial charge in [-0.1, -0.05) is 60.5 Å². The molecule has 1 saturated heterocycles. The molecule has 0 aromatic heterocycles. The normalized spacial score (nSPS) is 26.2. The number of nitrogens with zero attached hydrogens (tertiary/aromatic N) is 1. The molecule has 174 valence electrons. The number of amides is 1. The third kappa shape index (κ3) is 4.70. The van der Waals surface area contributed by atoms with Crippen molar-refractivity contribution in [2.45, 2.75) is 64.5 Å². The number of hydrogen-bond acceptors (Lipinski definition) is 3. The van der Waals surface area contributed by atoms with Crippen LogP contribution in [0.3, 0.4) is 0 Å². The average Bonchev–Trinajstić information content (AvgIpc) is 3.56. The molecule has 6 heteroatoms. The van der Waals surface area contributed by atoms with Crippen LogP contribution in [0.15, 0.2) is 48.5 Å². The van der Waals surface area contributed by atoms with E-state index >= 15 is 0 Å². The van der Waals surface area contributed by atoms with Gasteiger partial charge >= 0.3 is 5.97 Å². The number of aryl methyl sites for hydroxylation is 1. The molecule has 0 bridgehead atoms. The minimum absolute atomic E-state index is 0.0487. The lowest BCUT2D eigenvalue weighted by Gasteiger charge is -2.51. The first-order valence-corrected chi connectivity index (χ1v) is 11.9. The van der Waals surface area contributed by atoms with Crippen molar-refractivity contribution in [1.82, 2.24) is 4.90 Å². The van der Waals surface area contributed by atoms with Crippen LogP contribution in [-0.4, -0.2) is 33.7 Å². The summed E-state index contributed by atoms with van der Waals surface area (Å²) in [5.74, 6) is -1.35. The van der Waals surface area contributed by atoms with E-state index in [0.717, 1.165) is 29.5 Å². The molecule has 5 nitrogen and oxygen atoms in total. The minimum atomic E-state index is -1.11. The second kappa shape index (κ2) is 8.94. The van der Waals surface area contributed by atoms with Crippen LogP contribution < -0.4 is 0 Å². The summed E-state index contributed by atoms with van der Waals surface area (Å²) in [5.41, 5.74) is 1.94. The number of hydrogen-bond donors (Lipinski definition) is 1. The molecule has 2 fully saturated rings. The van der Waals surface area contributed by atoms with Gasteiger partial charge in [0.15, 0.2) is 5.78 Å². The summed E-state index contributed by atoms with van der Waals surface area (Å²) in [6.45, 7) is 5.30. The molecule has 1 N–H and O–H groups in total. The van der Waals surface area contributed by atoms with Gasteiger partial charge in [-0.25, -0.2) is 0 Å². The Labute approximate surface area is 199 Å². The molecule has 1 saturated carbocycles. The number of carbonyl (C=O) groups is 3. The van der Waals surface area contributed by atoms with E-state index in [1.54, 1.807) is 30.9 Å². The largest absolute Gasteiger partial charge is 0.481 e. The van der Waals surface area contributed by atoms with Gasteiger partial charge in [0.2, 0.25) is 5.91 Å². The Balaban J connectivity index is 1.93. The second-order valence-electron chi connectivity index (χ2n) is 9.96. The monoisotopic (exact) mass is 467 g/mol. The SMILES string of the molecule is CC(=O)[C@H](C1CC1)N1C(=O)C(C)(CC(=O)O)CC(c2cccc(C)c2)[C@H]1c1ccc(Cl)cc1. The van der Waals surface area contributed by atoms with E-state index in [-0.39, 0.29) is 36.0 Å². The maximum atomic E-state index is 14.0. The number of aliphatic carboxylic acids is 1. The summed E-state index contributed by atoms with van der Waals surface area (Å²) in [6, 6.07) is 14.6. The van der Waals surface area contributed by atoms with Gasteiger partial charge < -0.3 is 10.0 Å². The molecule has 33 heavy (non-hydrogen) atoms. The van der Waals surface area contributed by atoms with Gasteiger partial charge in [-0.2, -0.15) is 0 Å². The van der Waals surface area contributed by atoms with Crippen LogP contribution in [0.2, 0.25) is 5.02 Å². The van der Waals surface area contributed by atoms with Gasteiger partial charge in [0, 0.05) is 10.9 Å². The smallest absolute Gasteiger partial charge is 0.304 e. The summed E-state index contributed by atoms with van der Waals surface area (Å²) in [5, 5.41) is 10.3. The lowest BCUT2D eigenvalue weighted by molar-refractivity contribution is -0.163. The first kappa shape index (κ1) is 23.5. The van der Waals surface area contributed by atoms with E-state index in [4.69, 9.17) is 11.6 Å². The Kier molecular flexibility index (Phi) is 6.37. The van der Waals surface area contributed by atoms with E-state index in [0.29, 0.717) is 11.4 Å². The number of piperidine rings is 1. The van der Waals surface area contributed by atoms with Crippen molar-refractivity contribution in [2.75, 3.05) is 0 Å². The molecule has 4 atom stereocenters. The standard InChI is InChI=1S/C27H30ClNO4/c1-16-5-4-6-20(13-16)22-14-27(3,15-23(31)32)26(33)29(24(17(2)30)18-7-8-18)25(22)19-9-11-21(28)12-10-19/h4-6,9-13,18,22,24-25H,7-8,14-15H2,1-3H3,(H,31,32)/t22?,24-,25-,27?/m1/s1. The quantitative estimate of drug-likeness (QED) is 0.578. The topological polar surface area (TPSA) is 74.7 Å². The lowest BCUT2D eigenvalue weighted by atomic mass is 9.66. The lowest BCUT2D eigenvalue weighted by Crippen LogP contribution is -2.58. The predicted molar refractivity (Wildman–Crippen MR) is 127 cm³/mol. The van der Waals surface area contributed by atoms with Crippen molar-refractivity contribution >= 4 is 29.3 Å². The van der Waals surface area contributed by atoms with Crippen molar-refractivity contribution in [1.29, 1.82) is 0 Å². The fourth-order valence-corrected chi connectivity index (χ4v) is 5.64. The van der Waals surface area contributed by atoms with Crippen LogP contribution >= 0.6 is 11.6 Å². The highest BCUT2D eigenvalue weighted by Crippen LogP contribution is 2.54. The summed E-state index contributed by atoms with van der Waals surface area (Å²) < 4.78 is 0. The molecule has 4 rings (SSSR count). The van der Waals surface area contributed by atoms with Gasteiger partial charge in [0.1, 0.15) is 0 Å². The highest BCUT2D eigenvalue weighted by molar-refractivity contribution is 6.30. The average molecular weight is 468 g/mol. The van der Waals surface area contributed by atoms with Crippen LogP contribution in [0, 0.1) is 18.3 Å². The second-order valence-corrected chi connectivity index (χ2v) is 10.4. The molecular weight excluding hydrogens is 438 g/mol. The zero-order valence-corrected chi connectivity index (χ0v) is 20.0. The van der Waals surface area contributed by atoms with E-state index in [9.17, 15) is 19.5 Å². The molecule has 2 unspecified atom stereocenters. The van der Waals surface area contributed by atoms with E-state index in [1.807, 2.05) is 37.3 Å². The van der Waals surface area contributed by atoms with Gasteiger partial charge in [-0.15, -0.1) is 0 Å². The van der Waals surface area contributed by atoms with Gasteiger partial charge in [0.05, 0.1) is 23.9 Å². The molecule has 1 amide bonds. The number of carbonyl (C=O) groups excluding carboxylic acids is 2. The van der Waals surface area contributed by atoms with E-state index in [1.165, 1.54) is 0 Å². The number of ketones is 1. The first-order valence-electron chi connectivity index (χ1n) is 11.5. The zero-order chi connectivity index (χ0) is 23.9. The number of carboxylic acids is 1. The third-order valence-electron chi connectivity index (χ3n) is 7.11. The number of likely N-dealkylation sites (tertiary alicyclic amines) is 1. The maximum absolute atomic E-state index is 14.0. The highest BCUT2D eigenvalue weighted by atomic mass is 35.5. The Morgan fingerprint density at radius 1 is 1.15 bits per heavy atom. The van der Waals surface area contributed by atoms with Crippen LogP contribution in [0.4, 0.5) is 0 Å². The van der Waals surface area contributed by atoms with Crippen LogP contribution in [-0.2, 0) is 14.4 Å². The van der Waals surface area contributed by atoms with Crippen LogP contribution in [0.25, 0.3) is 0 Å². The number of Topliss-reactive ketones (excluding diaryl/α,β-unsaturated/α-hetero) is 1. The Hall–Kier alpha value is -2.66. The Bertz CT molecular complexity index is 1080. The number of benzene rings is 2. The van der Waals surface area contributed by atoms with Gasteiger partial charge in [-0.3, -0.25) is 14.4 Å². The van der Waals surface area contributed by atoms with E-state index in [2.05, 4.69) is 6.07 Å². The van der Waals surface area contributed by atoms with Crippen LogP contribution in [0.1, 0.15) is 68.2 Å². The first-order chi connectivity index (χ1) is 15.6. The van der Waals surface area contributed by atoms with Gasteiger partial charge in [-0.05, 0) is 62.3 Å². The molecule has 1 aliphatic heterocycles. The minimum Gasteiger partial charge on any atom is -0.481 e. The summed E-state index contributed by atoms with van der Waals surface area (Å²) in [6.07, 6.45) is 1.91. The summed E-state index contributed by atoms with van der Waals surface area (Å²) >= 11 is 6.17. The van der Waals surface area contributed by atoms with Crippen molar-refractivity contribution in [2.24, 2.45) is 11.3 Å². The Morgan fingerprint density at radius 3 is 2.36 bits per heavy atom. The fourth-order valence-electron chi connectivity index (χ4n) is 5.52. The van der Waals surface area contributed by atoms with Crippen molar-refractivity contribution in [3.8, 4) is 0 Å². The van der Waals surface area contributed by atoms with Crippen LogP contribution in [0.5, 0.6) is 0 Å². The summed E-state index contributed by atoms with van der Waals surface area (Å²) in [4.78, 5) is 40.5. The Morgan fingerprint density at radius 2 is 1.82 bits per heavy atom. The fraction of sp³-hybridized carbons (Fsp3) is 0.444. The summed E-state index contributed by atoms with van der Waals surface area (Å²) in [7, 11) is 0. The predicted octanol–water partition coefficient (Wildman–Crippen LogP) is 5.55. The maximum Gasteiger partial charge on any atom is 0.304 e. The molecule has 1 heterocycles. The number of carboxylic acid groups (broad SMARTS) is 1. The number of halogens is 1. The molecule has 2 aromatic carbocycles. The van der Waals surface area contributed by atoms with Crippen molar-refractivity contribution < 1.29 is 19.5 Å². The highest BCUT2D eigenvalue weighted by Gasteiger charge is 2.55. The van der Waals surface area contributed by atoms with Crippen molar-refractivity contribution in [3.05, 3.63) is 70.2 Å².